The van der Waals surface area contributed by atoms with Gasteiger partial charge >= 0.3 is 5.97 Å². The highest BCUT2D eigenvalue weighted by Crippen LogP contribution is 2.37. The summed E-state index contributed by atoms with van der Waals surface area (Å²) in [5, 5.41) is 18.1. The number of hydrogen-bond donors (Lipinski definition) is 3. The summed E-state index contributed by atoms with van der Waals surface area (Å²) in [7, 11) is 1.56. The van der Waals surface area contributed by atoms with Gasteiger partial charge in [-0.15, -0.1) is 0 Å². The molecule has 3 N–H and O–H groups in total. The third kappa shape index (κ3) is 7.54. The number of benzene rings is 4. The lowest BCUT2D eigenvalue weighted by molar-refractivity contribution is -0.150. The van der Waals surface area contributed by atoms with Gasteiger partial charge in [0.2, 0.25) is 11.8 Å². The van der Waals surface area contributed by atoms with Crippen molar-refractivity contribution < 1.29 is 33.8 Å². The summed E-state index contributed by atoms with van der Waals surface area (Å²) in [5.74, 6) is -4.86. The predicted octanol–water partition coefficient (Wildman–Crippen LogP) is 6.10. The molecule has 6 rings (SSSR count). The number of rotatable bonds is 13. The molecule has 1 saturated carbocycles. The lowest BCUT2D eigenvalue weighted by atomic mass is 9.72. The summed E-state index contributed by atoms with van der Waals surface area (Å²) >= 11 is 0. The van der Waals surface area contributed by atoms with Crippen LogP contribution in [0.25, 0.3) is 10.8 Å². The molecule has 4 amide bonds. The molecule has 0 bridgehead atoms. The largest absolute Gasteiger partial charge is 0.497 e. The number of hydrogen-bond acceptors (Lipinski definition) is 6. The second kappa shape index (κ2) is 15.4. The molecular weight excluding hydrogens is 634 g/mol. The minimum absolute atomic E-state index is 0.103. The Morgan fingerprint density at radius 2 is 1.42 bits per heavy atom. The first-order valence-electron chi connectivity index (χ1n) is 17.1. The molecule has 0 spiro atoms. The molecular formula is C40H41N3O7. The van der Waals surface area contributed by atoms with Crippen LogP contribution >= 0.6 is 0 Å². The Kier molecular flexibility index (Phi) is 10.6. The van der Waals surface area contributed by atoms with Crippen LogP contribution in [0.2, 0.25) is 0 Å². The summed E-state index contributed by atoms with van der Waals surface area (Å²) in [5.41, 5.74) is 1.91. The number of nitrogens with one attached hydrogen (secondary N) is 2. The average molecular weight is 676 g/mol. The second-order valence-electron chi connectivity index (χ2n) is 13.1. The highest BCUT2D eigenvalue weighted by Gasteiger charge is 2.43. The van der Waals surface area contributed by atoms with E-state index in [1.807, 2.05) is 42.5 Å². The Morgan fingerprint density at radius 1 is 0.820 bits per heavy atom. The number of carbonyl (C=O) groups excluding carboxylic acids is 4. The summed E-state index contributed by atoms with van der Waals surface area (Å²) in [6, 6.07) is 25.9. The van der Waals surface area contributed by atoms with E-state index in [4.69, 9.17) is 4.74 Å². The fourth-order valence-electron chi connectivity index (χ4n) is 7.35. The SMILES string of the molecule is COc1ccc(CC(NC(=O)C(C2CCCCC2)C(CCN2C(=O)c3cc4ccccc4cc3C2=O)C(=O)O)C(=O)Nc2ccccc2)cc1. The lowest BCUT2D eigenvalue weighted by Crippen LogP contribution is -2.51. The number of imide groups is 1. The van der Waals surface area contributed by atoms with Gasteiger partial charge in [0.25, 0.3) is 11.8 Å². The normalized spacial score (nSPS) is 16.4. The molecule has 0 aromatic heterocycles. The van der Waals surface area contributed by atoms with E-state index in [1.165, 1.54) is 0 Å². The number of fused-ring (bicyclic) bond motifs is 2. The molecule has 4 aromatic rings. The van der Waals surface area contributed by atoms with Gasteiger partial charge < -0.3 is 20.5 Å². The first-order chi connectivity index (χ1) is 24.2. The van der Waals surface area contributed by atoms with Gasteiger partial charge in [-0.2, -0.15) is 0 Å². The number of carboxylic acids is 1. The Bertz CT molecular complexity index is 1830. The molecule has 1 heterocycles. The van der Waals surface area contributed by atoms with Gasteiger partial charge in [-0.25, -0.2) is 0 Å². The van der Waals surface area contributed by atoms with Gasteiger partial charge in [0.05, 0.1) is 30.1 Å². The number of methoxy groups -OCH3 is 1. The van der Waals surface area contributed by atoms with E-state index in [0.29, 0.717) is 24.3 Å². The number of amides is 4. The van der Waals surface area contributed by atoms with Crippen LogP contribution in [-0.2, 0) is 20.8 Å². The van der Waals surface area contributed by atoms with Gasteiger partial charge in [-0.3, -0.25) is 28.9 Å². The smallest absolute Gasteiger partial charge is 0.307 e. The minimum atomic E-state index is -1.19. The van der Waals surface area contributed by atoms with Crippen LogP contribution in [0.15, 0.2) is 91.0 Å². The molecule has 3 unspecified atom stereocenters. The van der Waals surface area contributed by atoms with E-state index in [1.54, 1.807) is 55.6 Å². The third-order valence-corrected chi connectivity index (χ3v) is 9.99. The molecule has 10 nitrogen and oxygen atoms in total. The number of carboxylic acid groups (broad SMARTS) is 1. The van der Waals surface area contributed by atoms with E-state index in [2.05, 4.69) is 10.6 Å². The van der Waals surface area contributed by atoms with Crippen LogP contribution in [-0.4, -0.2) is 59.3 Å². The molecule has 258 valence electrons. The molecule has 10 heteroatoms. The zero-order chi connectivity index (χ0) is 35.2. The highest BCUT2D eigenvalue weighted by molar-refractivity contribution is 6.23. The molecule has 0 radical (unpaired) electrons. The maximum atomic E-state index is 14.4. The average Bonchev–Trinajstić information content (AvgIpc) is 3.36. The summed E-state index contributed by atoms with van der Waals surface area (Å²) in [6.07, 6.45) is 4.10. The van der Waals surface area contributed by atoms with E-state index >= 15 is 0 Å². The monoisotopic (exact) mass is 675 g/mol. The van der Waals surface area contributed by atoms with Crippen molar-refractivity contribution in [1.29, 1.82) is 0 Å². The molecule has 2 aliphatic rings. The Balaban J connectivity index is 1.25. The van der Waals surface area contributed by atoms with Crippen LogP contribution in [0.3, 0.4) is 0 Å². The van der Waals surface area contributed by atoms with Gasteiger partial charge in [-0.05, 0) is 77.9 Å². The van der Waals surface area contributed by atoms with Crippen LogP contribution < -0.4 is 15.4 Å². The second-order valence-corrected chi connectivity index (χ2v) is 13.1. The number of carbonyl (C=O) groups is 5. The fraction of sp³-hybridized carbons (Fsp3) is 0.325. The lowest BCUT2D eigenvalue weighted by Gasteiger charge is -2.34. The fourth-order valence-corrected chi connectivity index (χ4v) is 7.35. The standard InChI is InChI=1S/C40H41N3O7/c1-50-30-18-16-25(17-19-30)22-34(36(44)41-29-14-6-3-7-15-29)42-37(45)35(26-10-4-2-5-11-26)31(40(48)49)20-21-43-38(46)32-23-27-12-8-9-13-28(27)24-33(32)39(43)47/h3,6-9,12-19,23-24,26,31,34-35H,2,4-5,10-11,20-22H2,1H3,(H,41,44)(H,42,45)(H,48,49). The maximum absolute atomic E-state index is 14.4. The summed E-state index contributed by atoms with van der Waals surface area (Å²) < 4.78 is 5.27. The molecule has 1 aliphatic carbocycles. The van der Waals surface area contributed by atoms with Crippen molar-refractivity contribution in [3.8, 4) is 5.75 Å². The van der Waals surface area contributed by atoms with Crippen LogP contribution in [0, 0.1) is 17.8 Å². The van der Waals surface area contributed by atoms with Crippen molar-refractivity contribution in [2.75, 3.05) is 19.0 Å². The quantitative estimate of drug-likeness (QED) is 0.146. The zero-order valence-corrected chi connectivity index (χ0v) is 28.0. The predicted molar refractivity (Wildman–Crippen MR) is 189 cm³/mol. The number of para-hydroxylation sites is 1. The van der Waals surface area contributed by atoms with Crippen molar-refractivity contribution >= 4 is 46.1 Å². The molecule has 50 heavy (non-hydrogen) atoms. The zero-order valence-electron chi connectivity index (χ0n) is 28.0. The number of ether oxygens (including phenoxy) is 1. The van der Waals surface area contributed by atoms with Gasteiger partial charge in [0.1, 0.15) is 11.8 Å². The topological polar surface area (TPSA) is 142 Å². The van der Waals surface area contributed by atoms with Gasteiger partial charge in [0, 0.05) is 18.7 Å². The molecule has 1 fully saturated rings. The first kappa shape index (κ1) is 34.4. The van der Waals surface area contributed by atoms with E-state index in [9.17, 15) is 29.1 Å². The third-order valence-electron chi connectivity index (χ3n) is 9.99. The molecule has 1 aliphatic heterocycles. The van der Waals surface area contributed by atoms with E-state index in [0.717, 1.165) is 40.5 Å². The Morgan fingerprint density at radius 3 is 2.00 bits per heavy atom. The number of anilines is 1. The van der Waals surface area contributed by atoms with E-state index < -0.39 is 47.5 Å². The molecule has 4 aromatic carbocycles. The van der Waals surface area contributed by atoms with Crippen molar-refractivity contribution in [2.45, 2.75) is 51.0 Å². The van der Waals surface area contributed by atoms with E-state index in [-0.39, 0.29) is 36.4 Å². The molecule has 3 atom stereocenters. The van der Waals surface area contributed by atoms with Crippen LogP contribution in [0.4, 0.5) is 5.69 Å². The first-order valence-corrected chi connectivity index (χ1v) is 17.1. The van der Waals surface area contributed by atoms with Gasteiger partial charge in [-0.1, -0.05) is 73.9 Å². The number of aliphatic carboxylic acids is 1. The van der Waals surface area contributed by atoms with Crippen LogP contribution in [0.5, 0.6) is 5.75 Å². The number of nitrogens with zero attached hydrogens (tertiary/aromatic N) is 1. The summed E-state index contributed by atoms with van der Waals surface area (Å²) in [4.78, 5) is 69.0. The van der Waals surface area contributed by atoms with Crippen LogP contribution in [0.1, 0.15) is 64.8 Å². The summed E-state index contributed by atoms with van der Waals surface area (Å²) in [6.45, 7) is -0.153. The van der Waals surface area contributed by atoms with Crippen molar-refractivity contribution in [2.24, 2.45) is 17.8 Å². The minimum Gasteiger partial charge on any atom is -0.497 e. The van der Waals surface area contributed by atoms with Crippen molar-refractivity contribution in [3.05, 3.63) is 108 Å². The van der Waals surface area contributed by atoms with Crippen molar-refractivity contribution in [3.63, 3.8) is 0 Å². The highest BCUT2D eigenvalue weighted by atomic mass is 16.5. The van der Waals surface area contributed by atoms with Crippen molar-refractivity contribution in [1.82, 2.24) is 10.2 Å². The van der Waals surface area contributed by atoms with Gasteiger partial charge in [0.15, 0.2) is 0 Å². The maximum Gasteiger partial charge on any atom is 0.307 e. The molecule has 0 saturated heterocycles. The Hall–Kier alpha value is -5.51. The Labute approximate surface area is 290 Å².